The quantitative estimate of drug-likeness (QED) is 0.454. The van der Waals surface area contributed by atoms with Crippen molar-refractivity contribution in [1.82, 2.24) is 24.5 Å². The van der Waals surface area contributed by atoms with Crippen molar-refractivity contribution in [1.29, 1.82) is 0 Å². The fraction of sp³-hybridized carbons (Fsp3) is 0.520. The molecule has 9 nitrogen and oxygen atoms in total. The first kappa shape index (κ1) is 26.3. The van der Waals surface area contributed by atoms with Gasteiger partial charge in [0.2, 0.25) is 5.91 Å². The van der Waals surface area contributed by atoms with Crippen LogP contribution in [0.2, 0.25) is 5.15 Å². The van der Waals surface area contributed by atoms with Gasteiger partial charge in [0.1, 0.15) is 15.7 Å². The minimum atomic E-state index is -4.75. The van der Waals surface area contributed by atoms with E-state index in [1.165, 1.54) is 12.1 Å². The van der Waals surface area contributed by atoms with Crippen LogP contribution in [0.5, 0.6) is 0 Å². The highest BCUT2D eigenvalue weighted by atomic mass is 35.5. The topological polar surface area (TPSA) is 101 Å². The Morgan fingerprint density at radius 1 is 1.15 bits per heavy atom. The zero-order chi connectivity index (χ0) is 27.7. The molecule has 6 rings (SSSR count). The third kappa shape index (κ3) is 4.62. The molecule has 14 heteroatoms. The summed E-state index contributed by atoms with van der Waals surface area (Å²) in [6, 6.07) is 2.34. The first-order chi connectivity index (χ1) is 18.4. The van der Waals surface area contributed by atoms with Crippen molar-refractivity contribution >= 4 is 44.5 Å². The fourth-order valence-corrected chi connectivity index (χ4v) is 7.60. The molecule has 1 aliphatic carbocycles. The van der Waals surface area contributed by atoms with E-state index in [-0.39, 0.29) is 35.3 Å². The average Bonchev–Trinajstić information content (AvgIpc) is 3.53. The van der Waals surface area contributed by atoms with Gasteiger partial charge in [-0.3, -0.25) is 4.79 Å². The van der Waals surface area contributed by atoms with Gasteiger partial charge in [-0.15, -0.1) is 0 Å². The van der Waals surface area contributed by atoms with Gasteiger partial charge in [0.25, 0.3) is 0 Å². The van der Waals surface area contributed by atoms with E-state index in [2.05, 4.69) is 15.1 Å². The summed E-state index contributed by atoms with van der Waals surface area (Å²) in [5.74, 6) is -1.43. The standard InChI is InChI=1S/C25H26ClF3N6O3S/c1-33(23(36)15-4-10-39(37,38)11-5-15)21(25(27,28)29)16-2-3-19(30-13-16)34-9-8-24(6-7-24)22-17(34)14-31-20-12-18(26)32-35(20)22/h2-3,12-15,21H,4-11H2,1H3/t21-/m0/s1. The van der Waals surface area contributed by atoms with E-state index < -0.39 is 33.9 Å². The maximum absolute atomic E-state index is 14.2. The van der Waals surface area contributed by atoms with Crippen LogP contribution in [-0.2, 0) is 20.0 Å². The monoisotopic (exact) mass is 582 g/mol. The summed E-state index contributed by atoms with van der Waals surface area (Å²) in [4.78, 5) is 24.4. The highest BCUT2D eigenvalue weighted by Crippen LogP contribution is 2.57. The van der Waals surface area contributed by atoms with Crippen molar-refractivity contribution in [3.8, 4) is 0 Å². The number of pyridine rings is 1. The van der Waals surface area contributed by atoms with E-state index in [0.29, 0.717) is 28.1 Å². The van der Waals surface area contributed by atoms with Crippen LogP contribution in [0.1, 0.15) is 49.4 Å². The molecule has 1 spiro atoms. The van der Waals surface area contributed by atoms with Gasteiger partial charge in [0, 0.05) is 42.8 Å². The number of rotatable bonds is 4. The number of amides is 1. The van der Waals surface area contributed by atoms with Crippen molar-refractivity contribution in [2.45, 2.75) is 49.7 Å². The first-order valence-electron chi connectivity index (χ1n) is 12.7. The normalized spacial score (nSPS) is 21.1. The second-order valence-corrected chi connectivity index (χ2v) is 13.4. The van der Waals surface area contributed by atoms with Crippen LogP contribution in [-0.4, -0.2) is 70.1 Å². The van der Waals surface area contributed by atoms with Crippen molar-refractivity contribution in [3.05, 3.63) is 47.0 Å². The molecule has 0 unspecified atom stereocenters. The van der Waals surface area contributed by atoms with Crippen LogP contribution in [0.3, 0.4) is 0 Å². The number of aromatic nitrogens is 4. The van der Waals surface area contributed by atoms with Crippen molar-refractivity contribution in [2.75, 3.05) is 30.0 Å². The average molecular weight is 583 g/mol. The number of anilines is 2. The fourth-order valence-electron chi connectivity index (χ4n) is 5.93. The van der Waals surface area contributed by atoms with Gasteiger partial charge in [0.15, 0.2) is 16.8 Å². The number of hydrogen-bond donors (Lipinski definition) is 0. The van der Waals surface area contributed by atoms with Gasteiger partial charge < -0.3 is 9.80 Å². The molecule has 0 aromatic carbocycles. The van der Waals surface area contributed by atoms with E-state index >= 15 is 0 Å². The maximum Gasteiger partial charge on any atom is 0.413 e. The molecule has 0 radical (unpaired) electrons. The molecule has 1 atom stereocenters. The molecule has 1 saturated carbocycles. The summed E-state index contributed by atoms with van der Waals surface area (Å²) in [6.07, 6.45) is 1.03. The summed E-state index contributed by atoms with van der Waals surface area (Å²) < 4.78 is 67.9. The maximum atomic E-state index is 14.2. The van der Waals surface area contributed by atoms with E-state index in [1.807, 2.05) is 4.90 Å². The highest BCUT2D eigenvalue weighted by Gasteiger charge is 2.51. The predicted molar refractivity (Wildman–Crippen MR) is 138 cm³/mol. The number of hydrogen-bond acceptors (Lipinski definition) is 7. The zero-order valence-electron chi connectivity index (χ0n) is 21.0. The second kappa shape index (κ2) is 9.05. The van der Waals surface area contributed by atoms with Crippen LogP contribution in [0, 0.1) is 5.92 Å². The molecule has 1 saturated heterocycles. The summed E-state index contributed by atoms with van der Waals surface area (Å²) in [7, 11) is -2.14. The first-order valence-corrected chi connectivity index (χ1v) is 14.9. The number of carbonyl (C=O) groups excluding carboxylic acids is 1. The summed E-state index contributed by atoms with van der Waals surface area (Å²) in [5.41, 5.74) is 2.20. The minimum absolute atomic E-state index is 0.0197. The SMILES string of the molecule is CN(C(=O)C1CCS(=O)(=O)CC1)[C@@H](c1ccc(N2CCC3(CC3)c3c2cnc2cc(Cl)nn32)nc1)C(F)(F)F. The lowest BCUT2D eigenvalue weighted by Crippen LogP contribution is -2.44. The van der Waals surface area contributed by atoms with Crippen molar-refractivity contribution in [3.63, 3.8) is 0 Å². The molecule has 5 heterocycles. The van der Waals surface area contributed by atoms with Gasteiger partial charge in [0.05, 0.1) is 29.1 Å². The number of nitrogens with zero attached hydrogens (tertiary/aromatic N) is 6. The van der Waals surface area contributed by atoms with Crippen LogP contribution in [0.25, 0.3) is 5.65 Å². The smallest absolute Gasteiger partial charge is 0.330 e. The molecule has 2 fully saturated rings. The van der Waals surface area contributed by atoms with Gasteiger partial charge >= 0.3 is 6.18 Å². The summed E-state index contributed by atoms with van der Waals surface area (Å²) in [6.45, 7) is 0.618. The van der Waals surface area contributed by atoms with E-state index in [9.17, 15) is 26.4 Å². The second-order valence-electron chi connectivity index (χ2n) is 10.7. The third-order valence-electron chi connectivity index (χ3n) is 8.21. The van der Waals surface area contributed by atoms with Gasteiger partial charge in [-0.25, -0.2) is 22.9 Å². The summed E-state index contributed by atoms with van der Waals surface area (Å²) >= 11 is 6.14. The lowest BCUT2D eigenvalue weighted by Gasteiger charge is -2.36. The third-order valence-corrected chi connectivity index (χ3v) is 10.1. The molecule has 3 aromatic rings. The molecular weight excluding hydrogens is 557 g/mol. The predicted octanol–water partition coefficient (Wildman–Crippen LogP) is 4.24. The van der Waals surface area contributed by atoms with Gasteiger partial charge in [-0.05, 0) is 38.2 Å². The molecule has 3 aliphatic rings. The zero-order valence-corrected chi connectivity index (χ0v) is 22.6. The number of halogens is 4. The van der Waals surface area contributed by atoms with E-state index in [0.717, 1.165) is 43.9 Å². The molecule has 2 aliphatic heterocycles. The van der Waals surface area contributed by atoms with E-state index in [1.54, 1.807) is 16.8 Å². The largest absolute Gasteiger partial charge is 0.413 e. The lowest BCUT2D eigenvalue weighted by molar-refractivity contribution is -0.190. The van der Waals surface area contributed by atoms with E-state index in [4.69, 9.17) is 11.6 Å². The Bertz CT molecular complexity index is 1540. The Hall–Kier alpha value is -2.93. The van der Waals surface area contributed by atoms with Crippen LogP contribution in [0.15, 0.2) is 30.6 Å². The Morgan fingerprint density at radius 2 is 1.87 bits per heavy atom. The lowest BCUT2D eigenvalue weighted by atomic mass is 9.91. The Kier molecular flexibility index (Phi) is 6.10. The Labute approximate surface area is 227 Å². The van der Waals surface area contributed by atoms with Gasteiger partial charge in [-0.1, -0.05) is 17.7 Å². The molecule has 1 amide bonds. The number of alkyl halides is 3. The molecular formula is C25H26ClF3N6O3S. The molecule has 3 aromatic heterocycles. The number of carbonyl (C=O) groups is 1. The summed E-state index contributed by atoms with van der Waals surface area (Å²) in [5, 5.41) is 4.75. The Balaban J connectivity index is 1.29. The molecule has 0 N–H and O–H groups in total. The number of sulfone groups is 1. The molecule has 0 bridgehead atoms. The van der Waals surface area contributed by atoms with Crippen LogP contribution < -0.4 is 4.90 Å². The van der Waals surface area contributed by atoms with Gasteiger partial charge in [-0.2, -0.15) is 18.3 Å². The Morgan fingerprint density at radius 3 is 2.49 bits per heavy atom. The van der Waals surface area contributed by atoms with Crippen molar-refractivity contribution in [2.24, 2.45) is 5.92 Å². The number of fused-ring (bicyclic) bond motifs is 4. The molecule has 39 heavy (non-hydrogen) atoms. The van der Waals surface area contributed by atoms with Crippen LogP contribution >= 0.6 is 11.6 Å². The van der Waals surface area contributed by atoms with Crippen molar-refractivity contribution < 1.29 is 26.4 Å². The minimum Gasteiger partial charge on any atom is -0.330 e. The van der Waals surface area contributed by atoms with Crippen LogP contribution in [0.4, 0.5) is 24.7 Å². The molecule has 208 valence electrons. The highest BCUT2D eigenvalue weighted by molar-refractivity contribution is 7.91.